The van der Waals surface area contributed by atoms with Crippen LogP contribution in [0.3, 0.4) is 0 Å². The van der Waals surface area contributed by atoms with Gasteiger partial charge in [-0.1, -0.05) is 75.4 Å². The van der Waals surface area contributed by atoms with Crippen molar-refractivity contribution in [2.45, 2.75) is 51.9 Å². The molecule has 0 unspecified atom stereocenters. The normalized spacial score (nSPS) is 12.0. The number of unbranched alkanes of at least 4 members (excludes halogenated alkanes) is 5. The maximum Gasteiger partial charge on any atom is 0.0424 e. The molecule has 5 aromatic rings. The third kappa shape index (κ3) is 3.23. The number of thiophene rings is 2. The van der Waals surface area contributed by atoms with Gasteiger partial charge in [0.15, 0.2) is 0 Å². The van der Waals surface area contributed by atoms with Gasteiger partial charge in [0.1, 0.15) is 0 Å². The van der Waals surface area contributed by atoms with Gasteiger partial charge in [0, 0.05) is 25.0 Å². The molecular weight excluding hydrogens is 376 g/mol. The fourth-order valence-corrected chi connectivity index (χ4v) is 6.56. The van der Waals surface area contributed by atoms with E-state index in [0.29, 0.717) is 0 Å². The minimum atomic E-state index is 1.23. The zero-order valence-electron chi connectivity index (χ0n) is 16.5. The van der Waals surface area contributed by atoms with Crippen molar-refractivity contribution in [2.75, 3.05) is 0 Å². The maximum atomic E-state index is 2.43. The fraction of sp³-hybridized carbons (Fsp3) is 0.308. The number of hydrogen-bond donors (Lipinski definition) is 0. The van der Waals surface area contributed by atoms with E-state index in [2.05, 4.69) is 60.8 Å². The zero-order valence-corrected chi connectivity index (χ0v) is 18.1. The molecule has 0 saturated heterocycles. The van der Waals surface area contributed by atoms with Crippen LogP contribution in [0.15, 0.2) is 53.9 Å². The van der Waals surface area contributed by atoms with E-state index >= 15 is 0 Å². The van der Waals surface area contributed by atoms with E-state index in [0.717, 1.165) is 0 Å². The molecule has 2 heterocycles. The van der Waals surface area contributed by atoms with Crippen LogP contribution in [-0.4, -0.2) is 0 Å². The molecule has 0 amide bonds. The summed E-state index contributed by atoms with van der Waals surface area (Å²) in [4.78, 5) is 1.55. The largest absolute Gasteiger partial charge is 0.143 e. The van der Waals surface area contributed by atoms with Crippen LogP contribution >= 0.6 is 22.7 Å². The monoisotopic (exact) mass is 402 g/mol. The van der Waals surface area contributed by atoms with Gasteiger partial charge in [-0.25, -0.2) is 0 Å². The zero-order chi connectivity index (χ0) is 18.9. The Morgan fingerprint density at radius 3 is 2.14 bits per heavy atom. The van der Waals surface area contributed by atoms with Crippen LogP contribution in [0, 0.1) is 0 Å². The van der Waals surface area contributed by atoms with Crippen molar-refractivity contribution < 1.29 is 0 Å². The number of benzene rings is 3. The predicted molar refractivity (Wildman–Crippen MR) is 129 cm³/mol. The molecule has 0 aliphatic heterocycles. The Balaban J connectivity index is 1.49. The second kappa shape index (κ2) is 7.85. The van der Waals surface area contributed by atoms with Crippen LogP contribution in [0.4, 0.5) is 0 Å². The van der Waals surface area contributed by atoms with Crippen molar-refractivity contribution in [3.63, 3.8) is 0 Å². The van der Waals surface area contributed by atoms with E-state index in [9.17, 15) is 0 Å². The highest BCUT2D eigenvalue weighted by Crippen LogP contribution is 2.39. The molecule has 0 fully saturated rings. The van der Waals surface area contributed by atoms with Gasteiger partial charge in [0.2, 0.25) is 0 Å². The van der Waals surface area contributed by atoms with Gasteiger partial charge in [-0.2, -0.15) is 0 Å². The SMILES string of the molecule is CCCCCCCCc1cc2ccc3c4ccc5ccsc5c4ccc3c2s1. The Kier molecular flexibility index (Phi) is 5.09. The Bertz CT molecular complexity index is 1260. The highest BCUT2D eigenvalue weighted by atomic mass is 32.1. The van der Waals surface area contributed by atoms with E-state index in [-0.39, 0.29) is 0 Å². The smallest absolute Gasteiger partial charge is 0.0424 e. The summed E-state index contributed by atoms with van der Waals surface area (Å²) in [5.41, 5.74) is 0. The van der Waals surface area contributed by atoms with Gasteiger partial charge in [-0.3, -0.25) is 0 Å². The average Bonchev–Trinajstić information content (AvgIpc) is 3.36. The summed E-state index contributed by atoms with van der Waals surface area (Å²) in [6, 6.07) is 18.6. The molecule has 0 nitrogen and oxygen atoms in total. The highest BCUT2D eigenvalue weighted by Gasteiger charge is 2.10. The Morgan fingerprint density at radius 1 is 0.643 bits per heavy atom. The van der Waals surface area contributed by atoms with Gasteiger partial charge in [0.05, 0.1) is 0 Å². The summed E-state index contributed by atoms with van der Waals surface area (Å²) >= 11 is 3.86. The lowest BCUT2D eigenvalue weighted by molar-refractivity contribution is 0.609. The van der Waals surface area contributed by atoms with Crippen LogP contribution in [0.5, 0.6) is 0 Å². The standard InChI is InChI=1S/C26H26S2/c1-2-3-4-5-6-7-8-20-17-19-10-12-22-21-11-9-18-15-16-27-25(18)23(21)13-14-24(22)26(19)28-20/h9-17H,2-8H2,1H3. The minimum Gasteiger partial charge on any atom is -0.143 e. The minimum absolute atomic E-state index is 1.23. The van der Waals surface area contributed by atoms with Crippen molar-refractivity contribution in [1.29, 1.82) is 0 Å². The summed E-state index contributed by atoms with van der Waals surface area (Å²) in [5, 5.41) is 10.6. The Labute approximate surface area is 174 Å². The molecule has 2 heteroatoms. The second-order valence-electron chi connectivity index (χ2n) is 7.87. The third-order valence-electron chi connectivity index (χ3n) is 5.92. The summed E-state index contributed by atoms with van der Waals surface area (Å²) in [6.07, 6.45) is 9.44. The van der Waals surface area contributed by atoms with Crippen LogP contribution in [0.2, 0.25) is 0 Å². The quantitative estimate of drug-likeness (QED) is 0.188. The summed E-state index contributed by atoms with van der Waals surface area (Å²) < 4.78 is 2.88. The number of fused-ring (bicyclic) bond motifs is 7. The van der Waals surface area contributed by atoms with Gasteiger partial charge in [0.25, 0.3) is 0 Å². The topological polar surface area (TPSA) is 0 Å². The van der Waals surface area contributed by atoms with Crippen molar-refractivity contribution in [2.24, 2.45) is 0 Å². The first kappa shape index (κ1) is 18.1. The molecule has 0 atom stereocenters. The van der Waals surface area contributed by atoms with E-state index in [1.165, 1.54) is 86.7 Å². The van der Waals surface area contributed by atoms with Crippen LogP contribution in [0.25, 0.3) is 41.7 Å². The predicted octanol–water partition coefficient (Wildman–Crippen LogP) is 9.33. The highest BCUT2D eigenvalue weighted by molar-refractivity contribution is 7.20. The summed E-state index contributed by atoms with van der Waals surface area (Å²) in [6.45, 7) is 2.29. The summed E-state index contributed by atoms with van der Waals surface area (Å²) in [5.74, 6) is 0. The van der Waals surface area contributed by atoms with Gasteiger partial charge >= 0.3 is 0 Å². The number of rotatable bonds is 7. The van der Waals surface area contributed by atoms with Crippen molar-refractivity contribution >= 4 is 64.4 Å². The lowest BCUT2D eigenvalue weighted by Crippen LogP contribution is -1.82. The lowest BCUT2D eigenvalue weighted by atomic mass is 10.00. The third-order valence-corrected chi connectivity index (χ3v) is 8.13. The lowest BCUT2D eigenvalue weighted by Gasteiger charge is -2.06. The van der Waals surface area contributed by atoms with Gasteiger partial charge < -0.3 is 0 Å². The van der Waals surface area contributed by atoms with Crippen LogP contribution < -0.4 is 0 Å². The van der Waals surface area contributed by atoms with Crippen LogP contribution in [0.1, 0.15) is 50.3 Å². The van der Waals surface area contributed by atoms with Gasteiger partial charge in [-0.05, 0) is 51.9 Å². The van der Waals surface area contributed by atoms with E-state index in [4.69, 9.17) is 0 Å². The van der Waals surface area contributed by atoms with Crippen LogP contribution in [-0.2, 0) is 6.42 Å². The molecule has 3 aromatic carbocycles. The molecule has 0 N–H and O–H groups in total. The number of aryl methyl sites for hydroxylation is 1. The van der Waals surface area contributed by atoms with Crippen molar-refractivity contribution in [3.05, 3.63) is 58.8 Å². The second-order valence-corrected chi connectivity index (χ2v) is 9.93. The molecule has 28 heavy (non-hydrogen) atoms. The Morgan fingerprint density at radius 2 is 1.32 bits per heavy atom. The first-order chi connectivity index (χ1) is 13.8. The Hall–Kier alpha value is -1.90. The fourth-order valence-electron chi connectivity index (χ4n) is 4.40. The van der Waals surface area contributed by atoms with Gasteiger partial charge in [-0.15, -0.1) is 22.7 Å². The van der Waals surface area contributed by atoms with E-state index in [1.807, 2.05) is 22.7 Å². The van der Waals surface area contributed by atoms with E-state index in [1.54, 1.807) is 4.88 Å². The molecule has 0 spiro atoms. The molecule has 5 rings (SSSR count). The number of hydrogen-bond acceptors (Lipinski definition) is 2. The molecule has 142 valence electrons. The first-order valence-electron chi connectivity index (χ1n) is 10.6. The van der Waals surface area contributed by atoms with E-state index < -0.39 is 0 Å². The molecular formula is C26H26S2. The average molecular weight is 403 g/mol. The van der Waals surface area contributed by atoms with Crippen molar-refractivity contribution in [3.8, 4) is 0 Å². The van der Waals surface area contributed by atoms with Crippen molar-refractivity contribution in [1.82, 2.24) is 0 Å². The molecule has 0 bridgehead atoms. The molecule has 0 radical (unpaired) electrons. The first-order valence-corrected chi connectivity index (χ1v) is 12.3. The molecule has 2 aromatic heterocycles. The maximum absolute atomic E-state index is 2.43. The molecule has 0 aliphatic carbocycles. The summed E-state index contributed by atoms with van der Waals surface area (Å²) in [7, 11) is 0. The molecule has 0 saturated carbocycles. The molecule has 0 aliphatic rings.